The smallest absolute Gasteiger partial charge is 0.416 e. The lowest BCUT2D eigenvalue weighted by molar-refractivity contribution is -0.137. The SMILES string of the molecule is COc1ccccc1C1=C(SC(C)C)C(=O)N(c2ccc(C(F)(F)F)cc2)C1=O. The molecule has 0 atom stereocenters. The van der Waals surface area contributed by atoms with E-state index in [4.69, 9.17) is 4.74 Å². The van der Waals surface area contributed by atoms with Crippen LogP contribution in [0.4, 0.5) is 18.9 Å². The molecule has 1 heterocycles. The van der Waals surface area contributed by atoms with Crippen LogP contribution in [0.15, 0.2) is 53.4 Å². The summed E-state index contributed by atoms with van der Waals surface area (Å²) < 4.78 is 43.9. The number of alkyl halides is 3. The molecular weight excluding hydrogens is 403 g/mol. The predicted octanol–water partition coefficient (Wildman–Crippen LogP) is 5.14. The number of halogens is 3. The van der Waals surface area contributed by atoms with Crippen molar-refractivity contribution in [1.29, 1.82) is 0 Å². The number of anilines is 1. The van der Waals surface area contributed by atoms with Crippen molar-refractivity contribution >= 4 is 34.8 Å². The second-order valence-electron chi connectivity index (χ2n) is 6.56. The molecule has 0 aromatic heterocycles. The van der Waals surface area contributed by atoms with Gasteiger partial charge < -0.3 is 4.74 Å². The van der Waals surface area contributed by atoms with E-state index in [1.165, 1.54) is 18.9 Å². The number of thioether (sulfide) groups is 1. The van der Waals surface area contributed by atoms with Crippen LogP contribution in [0.1, 0.15) is 25.0 Å². The number of ether oxygens (including phenoxy) is 1. The number of amides is 2. The fourth-order valence-corrected chi connectivity index (χ4v) is 3.96. The van der Waals surface area contributed by atoms with E-state index < -0.39 is 23.6 Å². The summed E-state index contributed by atoms with van der Waals surface area (Å²) in [6.45, 7) is 3.77. The minimum Gasteiger partial charge on any atom is -0.496 e. The van der Waals surface area contributed by atoms with Gasteiger partial charge in [-0.05, 0) is 30.3 Å². The highest BCUT2D eigenvalue weighted by molar-refractivity contribution is 8.04. The van der Waals surface area contributed by atoms with Gasteiger partial charge in [0.2, 0.25) is 0 Å². The number of para-hydroxylation sites is 1. The average Bonchev–Trinajstić information content (AvgIpc) is 2.90. The fraction of sp³-hybridized carbons (Fsp3) is 0.238. The number of imide groups is 1. The molecule has 2 aromatic rings. The number of benzene rings is 2. The summed E-state index contributed by atoms with van der Waals surface area (Å²) in [6, 6.07) is 10.8. The Morgan fingerprint density at radius 1 is 0.966 bits per heavy atom. The van der Waals surface area contributed by atoms with Crippen LogP contribution in [0.2, 0.25) is 0 Å². The number of hydrogen-bond donors (Lipinski definition) is 0. The van der Waals surface area contributed by atoms with Gasteiger partial charge in [0.1, 0.15) is 5.75 Å². The molecule has 0 saturated carbocycles. The van der Waals surface area contributed by atoms with Crippen molar-refractivity contribution in [3.05, 3.63) is 64.6 Å². The Bertz CT molecular complexity index is 981. The first kappa shape index (κ1) is 21.0. The molecule has 1 aliphatic rings. The van der Waals surface area contributed by atoms with E-state index in [9.17, 15) is 22.8 Å². The van der Waals surface area contributed by atoms with Crippen LogP contribution in [0.3, 0.4) is 0 Å². The van der Waals surface area contributed by atoms with Crippen molar-refractivity contribution in [2.75, 3.05) is 12.0 Å². The minimum atomic E-state index is -4.50. The van der Waals surface area contributed by atoms with Crippen LogP contribution in [-0.4, -0.2) is 24.2 Å². The first-order chi connectivity index (χ1) is 13.6. The number of hydrogen-bond acceptors (Lipinski definition) is 4. The Morgan fingerprint density at radius 3 is 2.14 bits per heavy atom. The molecule has 0 radical (unpaired) electrons. The normalized spacial score (nSPS) is 14.9. The minimum absolute atomic E-state index is 0.0130. The zero-order chi connectivity index (χ0) is 21.3. The van der Waals surface area contributed by atoms with Crippen molar-refractivity contribution in [3.8, 4) is 5.75 Å². The Balaban J connectivity index is 2.09. The molecule has 0 unspecified atom stereocenters. The van der Waals surface area contributed by atoms with Gasteiger partial charge in [-0.1, -0.05) is 32.0 Å². The number of carbonyl (C=O) groups is 2. The number of carbonyl (C=O) groups excluding carboxylic acids is 2. The second-order valence-corrected chi connectivity index (χ2v) is 8.15. The van der Waals surface area contributed by atoms with Crippen molar-refractivity contribution < 1.29 is 27.5 Å². The van der Waals surface area contributed by atoms with Crippen LogP contribution in [-0.2, 0) is 15.8 Å². The summed E-state index contributed by atoms with van der Waals surface area (Å²) in [7, 11) is 1.46. The molecule has 3 rings (SSSR count). The van der Waals surface area contributed by atoms with Gasteiger partial charge in [-0.3, -0.25) is 9.59 Å². The zero-order valence-corrected chi connectivity index (χ0v) is 16.7. The summed E-state index contributed by atoms with van der Waals surface area (Å²) in [5.74, 6) is -0.725. The zero-order valence-electron chi connectivity index (χ0n) is 15.9. The molecule has 0 N–H and O–H groups in total. The Morgan fingerprint density at radius 2 is 1.59 bits per heavy atom. The number of methoxy groups -OCH3 is 1. The number of rotatable bonds is 5. The van der Waals surface area contributed by atoms with Crippen molar-refractivity contribution in [2.45, 2.75) is 25.3 Å². The molecule has 0 bridgehead atoms. The van der Waals surface area contributed by atoms with Crippen molar-refractivity contribution in [1.82, 2.24) is 0 Å². The van der Waals surface area contributed by atoms with E-state index in [2.05, 4.69) is 0 Å². The van der Waals surface area contributed by atoms with E-state index in [1.54, 1.807) is 24.3 Å². The molecule has 29 heavy (non-hydrogen) atoms. The average molecular weight is 421 g/mol. The van der Waals surface area contributed by atoms with Gasteiger partial charge in [-0.15, -0.1) is 11.8 Å². The van der Waals surface area contributed by atoms with Crippen molar-refractivity contribution in [2.24, 2.45) is 0 Å². The maximum atomic E-state index is 13.2. The molecule has 0 fully saturated rings. The van der Waals surface area contributed by atoms with Crippen LogP contribution in [0.25, 0.3) is 5.57 Å². The quantitative estimate of drug-likeness (QED) is 0.627. The molecule has 2 aromatic carbocycles. The Labute approximate surface area is 170 Å². The molecule has 0 spiro atoms. The van der Waals surface area contributed by atoms with Gasteiger partial charge in [-0.2, -0.15) is 13.2 Å². The Kier molecular flexibility index (Phi) is 5.75. The first-order valence-corrected chi connectivity index (χ1v) is 9.63. The van der Waals surface area contributed by atoms with E-state index >= 15 is 0 Å². The maximum Gasteiger partial charge on any atom is 0.416 e. The van der Waals surface area contributed by atoms with E-state index in [-0.39, 0.29) is 21.4 Å². The van der Waals surface area contributed by atoms with E-state index in [0.717, 1.165) is 29.2 Å². The highest BCUT2D eigenvalue weighted by Gasteiger charge is 2.41. The molecule has 2 amide bonds. The monoisotopic (exact) mass is 421 g/mol. The molecule has 4 nitrogen and oxygen atoms in total. The fourth-order valence-electron chi connectivity index (χ4n) is 2.98. The van der Waals surface area contributed by atoms with Crippen LogP contribution < -0.4 is 9.64 Å². The van der Waals surface area contributed by atoms with Crippen LogP contribution >= 0.6 is 11.8 Å². The lowest BCUT2D eigenvalue weighted by atomic mass is 10.0. The van der Waals surface area contributed by atoms with Gasteiger partial charge >= 0.3 is 6.18 Å². The van der Waals surface area contributed by atoms with Crippen LogP contribution in [0.5, 0.6) is 5.75 Å². The van der Waals surface area contributed by atoms with Crippen LogP contribution in [0, 0.1) is 0 Å². The Hall–Kier alpha value is -2.74. The number of nitrogens with zero attached hydrogens (tertiary/aromatic N) is 1. The molecular formula is C21H18F3NO3S. The van der Waals surface area contributed by atoms with E-state index in [0.29, 0.717) is 11.3 Å². The second kappa shape index (κ2) is 7.94. The predicted molar refractivity (Wildman–Crippen MR) is 107 cm³/mol. The highest BCUT2D eigenvalue weighted by Crippen LogP contribution is 2.42. The molecule has 0 aliphatic carbocycles. The summed E-state index contributed by atoms with van der Waals surface area (Å²) in [5, 5.41) is 0.0130. The third-order valence-corrected chi connectivity index (χ3v) is 5.31. The molecule has 8 heteroatoms. The topological polar surface area (TPSA) is 46.6 Å². The van der Waals surface area contributed by atoms with Gasteiger partial charge in [-0.25, -0.2) is 4.90 Å². The molecule has 152 valence electrons. The molecule has 0 saturated heterocycles. The van der Waals surface area contributed by atoms with Gasteiger partial charge in [0.15, 0.2) is 0 Å². The lowest BCUT2D eigenvalue weighted by Gasteiger charge is -2.16. The lowest BCUT2D eigenvalue weighted by Crippen LogP contribution is -2.31. The van der Waals surface area contributed by atoms with Gasteiger partial charge in [0.25, 0.3) is 11.8 Å². The van der Waals surface area contributed by atoms with Gasteiger partial charge in [0.05, 0.1) is 28.8 Å². The largest absolute Gasteiger partial charge is 0.496 e. The maximum absolute atomic E-state index is 13.2. The standard InChI is InChI=1S/C21H18F3NO3S/c1-12(2)29-18-17(15-6-4-5-7-16(15)28-3)19(26)25(20(18)27)14-10-8-13(9-11-14)21(22,23)24/h4-12H,1-3H3. The summed E-state index contributed by atoms with van der Waals surface area (Å²) in [6.07, 6.45) is -4.50. The first-order valence-electron chi connectivity index (χ1n) is 8.75. The third-order valence-electron chi connectivity index (χ3n) is 4.22. The highest BCUT2D eigenvalue weighted by atomic mass is 32.2. The summed E-state index contributed by atoms with van der Waals surface area (Å²) >= 11 is 1.23. The molecule has 1 aliphatic heterocycles. The summed E-state index contributed by atoms with van der Waals surface area (Å²) in [5.41, 5.74) is -0.119. The third kappa shape index (κ3) is 4.03. The van der Waals surface area contributed by atoms with E-state index in [1.807, 2.05) is 13.8 Å². The summed E-state index contributed by atoms with van der Waals surface area (Å²) in [4.78, 5) is 27.4. The van der Waals surface area contributed by atoms with Crippen molar-refractivity contribution in [3.63, 3.8) is 0 Å². The van der Waals surface area contributed by atoms with Gasteiger partial charge in [0, 0.05) is 10.8 Å².